The number of carbonyl (C=O) groups excluding carboxylic acids is 2. The highest BCUT2D eigenvalue weighted by atomic mass is 16.5. The van der Waals surface area contributed by atoms with Crippen LogP contribution in [0.1, 0.15) is 55.0 Å². The van der Waals surface area contributed by atoms with E-state index in [4.69, 9.17) is 4.74 Å². The second kappa shape index (κ2) is 10.4. The lowest BCUT2D eigenvalue weighted by Crippen LogP contribution is -2.29. The molecule has 1 amide bonds. The predicted molar refractivity (Wildman–Crippen MR) is 151 cm³/mol. The van der Waals surface area contributed by atoms with Crippen LogP contribution in [0, 0.1) is 0 Å². The van der Waals surface area contributed by atoms with Gasteiger partial charge in [-0.3, -0.25) is 14.5 Å². The number of rotatable bonds is 6. The highest BCUT2D eigenvalue weighted by molar-refractivity contribution is 6.51. The fourth-order valence-electron chi connectivity index (χ4n) is 5.36. The standard InChI is InChI=1S/C32H34N2O4/c1-20(2)38-27-17-15-26(16-18-27)34-29(22-11-13-25(14-12-22)33(3)4)28(31(36)32(34)37)30(35)24-10-9-21-7-5-6-8-23(21)19-24/h9-20,29,35H,5-8H2,1-4H3/b30-28-. The van der Waals surface area contributed by atoms with Gasteiger partial charge in [0.05, 0.1) is 17.7 Å². The van der Waals surface area contributed by atoms with Crippen LogP contribution in [0.25, 0.3) is 5.76 Å². The Morgan fingerprint density at radius 2 is 1.58 bits per heavy atom. The quantitative estimate of drug-likeness (QED) is 0.249. The van der Waals surface area contributed by atoms with Gasteiger partial charge in [0, 0.05) is 31.0 Å². The number of fused-ring (bicyclic) bond motifs is 1. The first-order valence-corrected chi connectivity index (χ1v) is 13.2. The van der Waals surface area contributed by atoms with Crippen molar-refractivity contribution in [2.24, 2.45) is 0 Å². The molecule has 3 aromatic rings. The van der Waals surface area contributed by atoms with Crippen molar-refractivity contribution in [2.75, 3.05) is 23.9 Å². The van der Waals surface area contributed by atoms with Crippen LogP contribution in [0.3, 0.4) is 0 Å². The maximum absolute atomic E-state index is 13.5. The van der Waals surface area contributed by atoms with Crippen molar-refractivity contribution in [2.45, 2.75) is 51.7 Å². The molecule has 1 heterocycles. The van der Waals surface area contributed by atoms with Crippen LogP contribution >= 0.6 is 0 Å². The first-order valence-electron chi connectivity index (χ1n) is 13.2. The summed E-state index contributed by atoms with van der Waals surface area (Å²) in [6.07, 6.45) is 4.26. The van der Waals surface area contributed by atoms with Crippen LogP contribution in [0.15, 0.2) is 72.3 Å². The number of ketones is 1. The van der Waals surface area contributed by atoms with E-state index in [2.05, 4.69) is 0 Å². The van der Waals surface area contributed by atoms with Crippen LogP contribution in [0.5, 0.6) is 5.75 Å². The molecule has 0 saturated carbocycles. The van der Waals surface area contributed by atoms with Crippen molar-refractivity contribution in [1.29, 1.82) is 0 Å². The van der Waals surface area contributed by atoms with Gasteiger partial charge in [-0.25, -0.2) is 0 Å². The van der Waals surface area contributed by atoms with Crippen molar-refractivity contribution in [3.63, 3.8) is 0 Å². The topological polar surface area (TPSA) is 70.1 Å². The van der Waals surface area contributed by atoms with Crippen molar-refractivity contribution < 1.29 is 19.4 Å². The van der Waals surface area contributed by atoms with Crippen LogP contribution in [0.2, 0.25) is 0 Å². The minimum Gasteiger partial charge on any atom is -0.507 e. The summed E-state index contributed by atoms with van der Waals surface area (Å²) in [4.78, 5) is 30.5. The lowest BCUT2D eigenvalue weighted by Gasteiger charge is -2.26. The highest BCUT2D eigenvalue weighted by Gasteiger charge is 2.47. The molecular weight excluding hydrogens is 476 g/mol. The second-order valence-corrected chi connectivity index (χ2v) is 10.5. The Hall–Kier alpha value is -4.06. The number of aryl methyl sites for hydroxylation is 2. The lowest BCUT2D eigenvalue weighted by molar-refractivity contribution is -0.132. The van der Waals surface area contributed by atoms with Crippen molar-refractivity contribution in [1.82, 2.24) is 0 Å². The molecule has 38 heavy (non-hydrogen) atoms. The summed E-state index contributed by atoms with van der Waals surface area (Å²) >= 11 is 0. The van der Waals surface area contributed by atoms with E-state index >= 15 is 0 Å². The Balaban J connectivity index is 1.63. The largest absolute Gasteiger partial charge is 0.507 e. The number of ether oxygens (including phenoxy) is 1. The van der Waals surface area contributed by atoms with E-state index in [1.54, 1.807) is 24.3 Å². The number of nitrogens with zero attached hydrogens (tertiary/aromatic N) is 2. The molecule has 1 atom stereocenters. The highest BCUT2D eigenvalue weighted by Crippen LogP contribution is 2.43. The number of hydrogen-bond donors (Lipinski definition) is 1. The summed E-state index contributed by atoms with van der Waals surface area (Å²) in [6.45, 7) is 3.90. The molecule has 1 unspecified atom stereocenters. The zero-order valence-electron chi connectivity index (χ0n) is 22.4. The Morgan fingerprint density at radius 1 is 0.921 bits per heavy atom. The number of carbonyl (C=O) groups is 2. The average molecular weight is 511 g/mol. The number of Topliss-reactive ketones (excluding diaryl/α,β-unsaturated/α-hetero) is 1. The van der Waals surface area contributed by atoms with Crippen LogP contribution in [-0.2, 0) is 22.4 Å². The minimum absolute atomic E-state index is 0.0157. The van der Waals surface area contributed by atoms with E-state index in [-0.39, 0.29) is 17.4 Å². The molecule has 5 rings (SSSR count). The van der Waals surface area contributed by atoms with Crippen molar-refractivity contribution in [3.8, 4) is 5.75 Å². The fourth-order valence-corrected chi connectivity index (χ4v) is 5.36. The number of aliphatic hydroxyl groups is 1. The molecule has 1 fully saturated rings. The van der Waals surface area contributed by atoms with E-state index in [1.807, 2.05) is 75.3 Å². The number of benzene rings is 3. The smallest absolute Gasteiger partial charge is 0.300 e. The van der Waals surface area contributed by atoms with E-state index < -0.39 is 17.7 Å². The Morgan fingerprint density at radius 3 is 2.21 bits per heavy atom. The second-order valence-electron chi connectivity index (χ2n) is 10.5. The Kier molecular flexibility index (Phi) is 6.98. The molecule has 3 aromatic carbocycles. The van der Waals surface area contributed by atoms with E-state index in [1.165, 1.54) is 16.0 Å². The monoisotopic (exact) mass is 510 g/mol. The van der Waals surface area contributed by atoms with Gasteiger partial charge >= 0.3 is 0 Å². The fraction of sp³-hybridized carbons (Fsp3) is 0.312. The van der Waals surface area contributed by atoms with Crippen LogP contribution in [-0.4, -0.2) is 37.0 Å². The molecule has 0 spiro atoms. The third kappa shape index (κ3) is 4.78. The number of anilines is 2. The molecule has 196 valence electrons. The summed E-state index contributed by atoms with van der Waals surface area (Å²) in [7, 11) is 3.91. The van der Waals surface area contributed by atoms with Crippen molar-refractivity contribution >= 4 is 28.8 Å². The van der Waals surface area contributed by atoms with Gasteiger partial charge in [0.1, 0.15) is 11.5 Å². The zero-order chi connectivity index (χ0) is 27.0. The first kappa shape index (κ1) is 25.6. The molecule has 1 aliphatic carbocycles. The van der Waals surface area contributed by atoms with Crippen molar-refractivity contribution in [3.05, 3.63) is 94.6 Å². The summed E-state index contributed by atoms with van der Waals surface area (Å²) in [5.74, 6) is -0.810. The Bertz CT molecular complexity index is 1390. The number of aliphatic hydroxyl groups excluding tert-OH is 1. The van der Waals surface area contributed by atoms with Crippen LogP contribution < -0.4 is 14.5 Å². The van der Waals surface area contributed by atoms with E-state index in [9.17, 15) is 14.7 Å². The third-order valence-electron chi connectivity index (χ3n) is 7.28. The maximum atomic E-state index is 13.5. The normalized spacial score (nSPS) is 18.6. The average Bonchev–Trinajstić information content (AvgIpc) is 3.18. The summed E-state index contributed by atoms with van der Waals surface area (Å²) < 4.78 is 5.77. The lowest BCUT2D eigenvalue weighted by atomic mass is 9.88. The van der Waals surface area contributed by atoms with Gasteiger partial charge in [-0.15, -0.1) is 0 Å². The van der Waals surface area contributed by atoms with Gasteiger partial charge in [-0.1, -0.05) is 24.3 Å². The van der Waals surface area contributed by atoms with Crippen LogP contribution in [0.4, 0.5) is 11.4 Å². The van der Waals surface area contributed by atoms with Gasteiger partial charge in [0.15, 0.2) is 0 Å². The van der Waals surface area contributed by atoms with Gasteiger partial charge in [-0.05, 0) is 98.7 Å². The molecule has 1 N–H and O–H groups in total. The first-order chi connectivity index (χ1) is 18.2. The summed E-state index contributed by atoms with van der Waals surface area (Å²) in [5.41, 5.74) is 5.46. The molecule has 2 aliphatic rings. The van der Waals surface area contributed by atoms with E-state index in [0.717, 1.165) is 36.9 Å². The molecule has 0 bridgehead atoms. The van der Waals surface area contributed by atoms with Gasteiger partial charge in [0.25, 0.3) is 11.7 Å². The molecule has 0 aromatic heterocycles. The van der Waals surface area contributed by atoms with Gasteiger partial charge in [0.2, 0.25) is 0 Å². The van der Waals surface area contributed by atoms with E-state index in [0.29, 0.717) is 17.0 Å². The maximum Gasteiger partial charge on any atom is 0.300 e. The van der Waals surface area contributed by atoms with Gasteiger partial charge < -0.3 is 14.7 Å². The zero-order valence-corrected chi connectivity index (χ0v) is 22.4. The molecule has 1 saturated heterocycles. The summed E-state index contributed by atoms with van der Waals surface area (Å²) in [6, 6.07) is 20.0. The minimum atomic E-state index is -0.765. The molecular formula is C32H34N2O4. The Labute approximate surface area is 224 Å². The molecule has 1 aliphatic heterocycles. The summed E-state index contributed by atoms with van der Waals surface area (Å²) in [5, 5.41) is 11.5. The molecule has 0 radical (unpaired) electrons. The number of amides is 1. The predicted octanol–water partition coefficient (Wildman–Crippen LogP) is 6.04. The SMILES string of the molecule is CC(C)Oc1ccc(N2C(=O)C(=O)/C(=C(\O)c3ccc4c(c3)CCCC4)C2c2ccc(N(C)C)cc2)cc1. The number of hydrogen-bond acceptors (Lipinski definition) is 5. The third-order valence-corrected chi connectivity index (χ3v) is 7.28. The molecule has 6 heteroatoms. The van der Waals surface area contributed by atoms with Gasteiger partial charge in [-0.2, -0.15) is 0 Å². The molecule has 6 nitrogen and oxygen atoms in total.